The maximum Gasteiger partial charge on any atom is 0.296 e. The molecule has 1 amide bonds. The van der Waals surface area contributed by atoms with Gasteiger partial charge in [0.15, 0.2) is 0 Å². The maximum absolute atomic E-state index is 11.6. The molecule has 0 heterocycles. The fourth-order valence-electron chi connectivity index (χ4n) is 1.95. The molecule has 21 heavy (non-hydrogen) atoms. The van der Waals surface area contributed by atoms with Crippen LogP contribution in [0.4, 0.5) is 0 Å². The van der Waals surface area contributed by atoms with E-state index in [4.69, 9.17) is 0 Å². The molecule has 1 atom stereocenters. The van der Waals surface area contributed by atoms with Crippen LogP contribution in [-0.2, 0) is 4.79 Å². The van der Waals surface area contributed by atoms with Gasteiger partial charge < -0.3 is 10.4 Å². The second-order valence-corrected chi connectivity index (χ2v) is 4.70. The summed E-state index contributed by atoms with van der Waals surface area (Å²) in [5.41, 5.74) is 2.59. The predicted octanol–water partition coefficient (Wildman–Crippen LogP) is 2.20. The lowest BCUT2D eigenvalue weighted by molar-refractivity contribution is -0.116. The predicted molar refractivity (Wildman–Crippen MR) is 82.5 cm³/mol. The van der Waals surface area contributed by atoms with Crippen molar-refractivity contribution in [1.29, 1.82) is 0 Å². The van der Waals surface area contributed by atoms with E-state index in [1.165, 1.54) is 0 Å². The van der Waals surface area contributed by atoms with E-state index in [9.17, 15) is 9.90 Å². The number of rotatable bonds is 3. The highest BCUT2D eigenvalue weighted by molar-refractivity contribution is 5.94. The quantitative estimate of drug-likeness (QED) is 0.846. The van der Waals surface area contributed by atoms with E-state index in [0.29, 0.717) is 0 Å². The summed E-state index contributed by atoms with van der Waals surface area (Å²) in [7, 11) is 0. The topological polar surface area (TPSA) is 49.3 Å². The van der Waals surface area contributed by atoms with Crippen molar-refractivity contribution in [2.24, 2.45) is 0 Å². The molecule has 0 aliphatic heterocycles. The molecule has 0 bridgehead atoms. The van der Waals surface area contributed by atoms with Crippen LogP contribution in [0.5, 0.6) is 0 Å². The monoisotopic (exact) mass is 279 g/mol. The molecular weight excluding hydrogens is 262 g/mol. The van der Waals surface area contributed by atoms with Crippen LogP contribution < -0.4 is 5.32 Å². The number of amides is 1. The number of aliphatic hydroxyl groups excluding tert-OH is 1. The van der Waals surface area contributed by atoms with Crippen molar-refractivity contribution < 1.29 is 9.90 Å². The molecule has 2 aromatic carbocycles. The van der Waals surface area contributed by atoms with Gasteiger partial charge in [0.05, 0.1) is 6.10 Å². The molecule has 0 unspecified atom stereocenters. The third kappa shape index (κ3) is 4.48. The van der Waals surface area contributed by atoms with Crippen molar-refractivity contribution in [3.63, 3.8) is 0 Å². The molecule has 3 nitrogen and oxygen atoms in total. The molecule has 106 valence electrons. The second-order valence-electron chi connectivity index (χ2n) is 4.70. The summed E-state index contributed by atoms with van der Waals surface area (Å²) in [5, 5.41) is 12.7. The minimum atomic E-state index is -0.728. The van der Waals surface area contributed by atoms with Crippen LogP contribution in [0.25, 0.3) is 0 Å². The van der Waals surface area contributed by atoms with Crippen LogP contribution in [0.1, 0.15) is 22.8 Å². The first-order valence-corrected chi connectivity index (χ1v) is 6.75. The van der Waals surface area contributed by atoms with Gasteiger partial charge in [0.2, 0.25) is 0 Å². The number of carbonyl (C=O) groups excluding carboxylic acids is 1. The molecule has 0 aliphatic rings. The van der Waals surface area contributed by atoms with Crippen molar-refractivity contribution in [1.82, 2.24) is 5.32 Å². The molecular formula is C18H17NO2. The van der Waals surface area contributed by atoms with E-state index in [0.717, 1.165) is 16.7 Å². The van der Waals surface area contributed by atoms with E-state index < -0.39 is 12.0 Å². The van der Waals surface area contributed by atoms with Gasteiger partial charge in [0.1, 0.15) is 0 Å². The van der Waals surface area contributed by atoms with Crippen molar-refractivity contribution in [3.8, 4) is 11.8 Å². The Kier molecular flexibility index (Phi) is 5.14. The van der Waals surface area contributed by atoms with Crippen molar-refractivity contribution in [2.75, 3.05) is 6.54 Å². The average Bonchev–Trinajstić information content (AvgIpc) is 2.52. The zero-order valence-corrected chi connectivity index (χ0v) is 11.8. The number of hydrogen-bond donors (Lipinski definition) is 2. The van der Waals surface area contributed by atoms with Crippen LogP contribution in [0, 0.1) is 18.8 Å². The Morgan fingerprint density at radius 3 is 2.52 bits per heavy atom. The number of nitrogens with one attached hydrogen (secondary N) is 1. The molecule has 0 saturated carbocycles. The smallest absolute Gasteiger partial charge is 0.296 e. The van der Waals surface area contributed by atoms with Gasteiger partial charge in [-0.1, -0.05) is 48.4 Å². The molecule has 2 aromatic rings. The first-order chi connectivity index (χ1) is 10.2. The molecule has 0 spiro atoms. The third-order valence-corrected chi connectivity index (χ3v) is 3.10. The zero-order valence-electron chi connectivity index (χ0n) is 11.8. The van der Waals surface area contributed by atoms with Crippen molar-refractivity contribution in [2.45, 2.75) is 13.0 Å². The highest BCUT2D eigenvalue weighted by atomic mass is 16.3. The van der Waals surface area contributed by atoms with E-state index in [-0.39, 0.29) is 6.54 Å². The molecule has 0 saturated heterocycles. The third-order valence-electron chi connectivity index (χ3n) is 3.10. The Balaban J connectivity index is 1.90. The Bertz CT molecular complexity index is 668. The van der Waals surface area contributed by atoms with Crippen molar-refractivity contribution in [3.05, 3.63) is 71.3 Å². The van der Waals surface area contributed by atoms with Gasteiger partial charge >= 0.3 is 0 Å². The largest absolute Gasteiger partial charge is 0.387 e. The lowest BCUT2D eigenvalue weighted by atomic mass is 10.0. The summed E-state index contributed by atoms with van der Waals surface area (Å²) in [6.45, 7) is 2.07. The fourth-order valence-corrected chi connectivity index (χ4v) is 1.95. The van der Waals surface area contributed by atoms with Gasteiger partial charge in [-0.2, -0.15) is 0 Å². The number of benzene rings is 2. The van der Waals surface area contributed by atoms with E-state index >= 15 is 0 Å². The molecule has 2 rings (SSSR count). The Hall–Kier alpha value is -2.57. The van der Waals surface area contributed by atoms with Gasteiger partial charge in [-0.05, 0) is 30.2 Å². The molecule has 0 aliphatic carbocycles. The standard InChI is InChI=1S/C18H17NO2/c1-14-7-5-6-10-16(14)17(20)13-19-18(21)12-11-15-8-3-2-4-9-15/h2-10,17,20H,13H2,1H3,(H,19,21)/t17-/m0/s1. The summed E-state index contributed by atoms with van der Waals surface area (Å²) in [6.07, 6.45) is -0.728. The minimum absolute atomic E-state index is 0.146. The number of hydrogen-bond acceptors (Lipinski definition) is 2. The van der Waals surface area contributed by atoms with Gasteiger partial charge in [0, 0.05) is 18.0 Å². The van der Waals surface area contributed by atoms with Crippen LogP contribution >= 0.6 is 0 Å². The average molecular weight is 279 g/mol. The van der Waals surface area contributed by atoms with Gasteiger partial charge in [-0.3, -0.25) is 4.79 Å². The van der Waals surface area contributed by atoms with Gasteiger partial charge in [-0.15, -0.1) is 0 Å². The SMILES string of the molecule is Cc1ccccc1[C@@H](O)CNC(=O)C#Cc1ccccc1. The summed E-state index contributed by atoms with van der Waals surface area (Å²) >= 11 is 0. The summed E-state index contributed by atoms with van der Waals surface area (Å²) < 4.78 is 0. The van der Waals surface area contributed by atoms with E-state index in [2.05, 4.69) is 17.2 Å². The number of aliphatic hydroxyl groups is 1. The van der Waals surface area contributed by atoms with E-state index in [1.54, 1.807) is 0 Å². The normalized spacial score (nSPS) is 11.1. The van der Waals surface area contributed by atoms with Gasteiger partial charge in [-0.25, -0.2) is 0 Å². The van der Waals surface area contributed by atoms with E-state index in [1.807, 2.05) is 61.5 Å². The first-order valence-electron chi connectivity index (χ1n) is 6.75. The number of carbonyl (C=O) groups is 1. The molecule has 2 N–H and O–H groups in total. The first kappa shape index (κ1) is 14.8. The lowest BCUT2D eigenvalue weighted by Gasteiger charge is -2.13. The summed E-state index contributed by atoms with van der Waals surface area (Å²) in [4.78, 5) is 11.6. The van der Waals surface area contributed by atoms with Crippen LogP contribution in [0.3, 0.4) is 0 Å². The minimum Gasteiger partial charge on any atom is -0.387 e. The molecule has 0 radical (unpaired) electrons. The maximum atomic E-state index is 11.6. The number of aryl methyl sites for hydroxylation is 1. The fraction of sp³-hybridized carbons (Fsp3) is 0.167. The second kappa shape index (κ2) is 7.28. The molecule has 3 heteroatoms. The van der Waals surface area contributed by atoms with Crippen LogP contribution in [0.15, 0.2) is 54.6 Å². The summed E-state index contributed by atoms with van der Waals surface area (Å²) in [6, 6.07) is 16.8. The Labute approximate surface area is 124 Å². The highest BCUT2D eigenvalue weighted by Crippen LogP contribution is 2.15. The van der Waals surface area contributed by atoms with Crippen LogP contribution in [-0.4, -0.2) is 17.6 Å². The van der Waals surface area contributed by atoms with Gasteiger partial charge in [0.25, 0.3) is 5.91 Å². The lowest BCUT2D eigenvalue weighted by Crippen LogP contribution is -2.27. The Morgan fingerprint density at radius 2 is 1.81 bits per heavy atom. The molecule has 0 aromatic heterocycles. The Morgan fingerprint density at radius 1 is 1.14 bits per heavy atom. The highest BCUT2D eigenvalue weighted by Gasteiger charge is 2.10. The zero-order chi connectivity index (χ0) is 15.1. The van der Waals surface area contributed by atoms with Crippen LogP contribution in [0.2, 0.25) is 0 Å². The molecule has 0 fully saturated rings. The van der Waals surface area contributed by atoms with Crippen molar-refractivity contribution >= 4 is 5.91 Å². The summed E-state index contributed by atoms with van der Waals surface area (Å²) in [5.74, 6) is 4.89.